The Morgan fingerprint density at radius 3 is 2.56 bits per heavy atom. The molecule has 0 aliphatic rings. The highest BCUT2D eigenvalue weighted by atomic mass is 16.6. The molecule has 3 heteroatoms. The summed E-state index contributed by atoms with van der Waals surface area (Å²) in [6, 6.07) is 11.4. The zero-order valence-electron chi connectivity index (χ0n) is 9.19. The van der Waals surface area contributed by atoms with Crippen molar-refractivity contribution in [3.05, 3.63) is 36.4 Å². The van der Waals surface area contributed by atoms with Gasteiger partial charge in [-0.05, 0) is 11.5 Å². The molecule has 0 atom stereocenters. The topological polar surface area (TPSA) is 35.5 Å². The van der Waals surface area contributed by atoms with Gasteiger partial charge in [0.2, 0.25) is 0 Å². The van der Waals surface area contributed by atoms with Crippen molar-refractivity contribution in [1.82, 2.24) is 0 Å². The number of hydrogen-bond donors (Lipinski definition) is 0. The van der Waals surface area contributed by atoms with Crippen LogP contribution in [0.2, 0.25) is 0 Å². The number of ether oxygens (including phenoxy) is 2. The second-order valence-corrected chi connectivity index (χ2v) is 3.41. The lowest BCUT2D eigenvalue weighted by molar-refractivity contribution is -0.131. The lowest BCUT2D eigenvalue weighted by Gasteiger charge is -2.10. The zero-order chi connectivity index (χ0) is 11.5. The molecule has 0 aliphatic heterocycles. The van der Waals surface area contributed by atoms with E-state index in [1.807, 2.05) is 30.3 Å². The lowest BCUT2D eigenvalue weighted by atomic mass is 10.1. The average Bonchev–Trinajstić information content (AvgIpc) is 2.28. The minimum absolute atomic E-state index is 0.353. The van der Waals surface area contributed by atoms with Gasteiger partial charge < -0.3 is 9.47 Å². The molecule has 0 saturated carbocycles. The molecule has 0 aliphatic carbocycles. The van der Waals surface area contributed by atoms with Gasteiger partial charge in [-0.3, -0.25) is 4.79 Å². The van der Waals surface area contributed by atoms with Crippen molar-refractivity contribution in [3.8, 4) is 11.5 Å². The first kappa shape index (κ1) is 10.5. The summed E-state index contributed by atoms with van der Waals surface area (Å²) in [6.45, 7) is 1.37. The third-order valence-electron chi connectivity index (χ3n) is 2.30. The summed E-state index contributed by atoms with van der Waals surface area (Å²) >= 11 is 0. The van der Waals surface area contributed by atoms with Crippen LogP contribution in [0.3, 0.4) is 0 Å². The maximum absolute atomic E-state index is 10.9. The minimum Gasteiger partial charge on any atom is -0.492 e. The Hall–Kier alpha value is -2.03. The molecule has 2 aromatic carbocycles. The predicted molar refractivity (Wildman–Crippen MR) is 61.8 cm³/mol. The standard InChI is InChI=1S/C13H12O3/c1-9(14)16-12-8-7-10-5-3-4-6-11(10)13(12)15-2/h3-8H,1-2H3. The van der Waals surface area contributed by atoms with E-state index < -0.39 is 0 Å². The number of carbonyl (C=O) groups excluding carboxylic acids is 1. The highest BCUT2D eigenvalue weighted by molar-refractivity contribution is 5.91. The number of hydrogen-bond acceptors (Lipinski definition) is 3. The molecule has 0 radical (unpaired) electrons. The van der Waals surface area contributed by atoms with Crippen LogP contribution in [0.15, 0.2) is 36.4 Å². The van der Waals surface area contributed by atoms with E-state index >= 15 is 0 Å². The van der Waals surface area contributed by atoms with E-state index in [1.165, 1.54) is 6.92 Å². The summed E-state index contributed by atoms with van der Waals surface area (Å²) in [6.07, 6.45) is 0. The van der Waals surface area contributed by atoms with Gasteiger partial charge in [-0.2, -0.15) is 0 Å². The van der Waals surface area contributed by atoms with Crippen molar-refractivity contribution in [1.29, 1.82) is 0 Å². The van der Waals surface area contributed by atoms with E-state index in [1.54, 1.807) is 13.2 Å². The second-order valence-electron chi connectivity index (χ2n) is 3.41. The molecule has 0 unspecified atom stereocenters. The third-order valence-corrected chi connectivity index (χ3v) is 2.30. The van der Waals surface area contributed by atoms with Crippen molar-refractivity contribution >= 4 is 16.7 Å². The van der Waals surface area contributed by atoms with Crippen LogP contribution in [0.5, 0.6) is 11.5 Å². The Balaban J connectivity index is 2.63. The molecule has 0 N–H and O–H groups in total. The van der Waals surface area contributed by atoms with Crippen LogP contribution in [0, 0.1) is 0 Å². The van der Waals surface area contributed by atoms with E-state index in [-0.39, 0.29) is 5.97 Å². The molecule has 82 valence electrons. The van der Waals surface area contributed by atoms with Gasteiger partial charge in [-0.15, -0.1) is 0 Å². The molecular formula is C13H12O3. The number of carbonyl (C=O) groups is 1. The van der Waals surface area contributed by atoms with E-state index in [0.29, 0.717) is 11.5 Å². The SMILES string of the molecule is COc1c(OC(C)=O)ccc2ccccc12. The number of fused-ring (bicyclic) bond motifs is 1. The molecule has 2 aromatic rings. The maximum Gasteiger partial charge on any atom is 0.308 e. The predicted octanol–water partition coefficient (Wildman–Crippen LogP) is 2.77. The van der Waals surface area contributed by atoms with Crippen LogP contribution < -0.4 is 9.47 Å². The van der Waals surface area contributed by atoms with Crippen LogP contribution in [0.4, 0.5) is 0 Å². The molecule has 0 heterocycles. The molecule has 3 nitrogen and oxygen atoms in total. The average molecular weight is 216 g/mol. The monoisotopic (exact) mass is 216 g/mol. The molecule has 2 rings (SSSR count). The fourth-order valence-corrected chi connectivity index (χ4v) is 1.67. The molecule has 0 amide bonds. The zero-order valence-corrected chi connectivity index (χ0v) is 9.19. The van der Waals surface area contributed by atoms with Crippen LogP contribution >= 0.6 is 0 Å². The first-order chi connectivity index (χ1) is 7.72. The summed E-state index contributed by atoms with van der Waals surface area (Å²) in [5.41, 5.74) is 0. The van der Waals surface area contributed by atoms with Crippen molar-refractivity contribution in [3.63, 3.8) is 0 Å². The van der Waals surface area contributed by atoms with Gasteiger partial charge in [0.15, 0.2) is 11.5 Å². The Morgan fingerprint density at radius 1 is 1.12 bits per heavy atom. The highest BCUT2D eigenvalue weighted by Gasteiger charge is 2.10. The van der Waals surface area contributed by atoms with Gasteiger partial charge in [0, 0.05) is 12.3 Å². The van der Waals surface area contributed by atoms with E-state index in [4.69, 9.17) is 9.47 Å². The van der Waals surface area contributed by atoms with Crippen LogP contribution in [0.1, 0.15) is 6.92 Å². The fourth-order valence-electron chi connectivity index (χ4n) is 1.67. The molecule has 0 bridgehead atoms. The summed E-state index contributed by atoms with van der Waals surface area (Å²) in [5.74, 6) is 0.690. The van der Waals surface area contributed by atoms with E-state index in [0.717, 1.165) is 10.8 Å². The summed E-state index contributed by atoms with van der Waals surface area (Å²) in [4.78, 5) is 10.9. The van der Waals surface area contributed by atoms with Gasteiger partial charge in [0.25, 0.3) is 0 Å². The normalized spacial score (nSPS) is 10.1. The number of esters is 1. The molecule has 16 heavy (non-hydrogen) atoms. The van der Waals surface area contributed by atoms with Crippen molar-refractivity contribution < 1.29 is 14.3 Å². The van der Waals surface area contributed by atoms with Crippen LogP contribution in [-0.2, 0) is 4.79 Å². The third kappa shape index (κ3) is 1.84. The van der Waals surface area contributed by atoms with Crippen LogP contribution in [0.25, 0.3) is 10.8 Å². The first-order valence-electron chi connectivity index (χ1n) is 4.96. The molecule has 0 aromatic heterocycles. The number of benzene rings is 2. The largest absolute Gasteiger partial charge is 0.492 e. The Morgan fingerprint density at radius 2 is 1.88 bits per heavy atom. The Kier molecular flexibility index (Phi) is 2.77. The van der Waals surface area contributed by atoms with Gasteiger partial charge in [0.1, 0.15) is 0 Å². The number of methoxy groups -OCH3 is 1. The van der Waals surface area contributed by atoms with Crippen molar-refractivity contribution in [2.24, 2.45) is 0 Å². The lowest BCUT2D eigenvalue weighted by Crippen LogP contribution is -2.03. The van der Waals surface area contributed by atoms with E-state index in [9.17, 15) is 4.79 Å². The highest BCUT2D eigenvalue weighted by Crippen LogP contribution is 2.35. The first-order valence-corrected chi connectivity index (χ1v) is 4.96. The maximum atomic E-state index is 10.9. The quantitative estimate of drug-likeness (QED) is 0.572. The van der Waals surface area contributed by atoms with E-state index in [2.05, 4.69) is 0 Å². The molecule has 0 saturated heterocycles. The fraction of sp³-hybridized carbons (Fsp3) is 0.154. The summed E-state index contributed by atoms with van der Waals surface area (Å²) < 4.78 is 10.4. The molecule has 0 fully saturated rings. The van der Waals surface area contributed by atoms with Gasteiger partial charge in [-0.25, -0.2) is 0 Å². The smallest absolute Gasteiger partial charge is 0.308 e. The Labute approximate surface area is 93.6 Å². The summed E-state index contributed by atoms with van der Waals surface area (Å²) in [5, 5.41) is 1.99. The Bertz CT molecular complexity index is 532. The van der Waals surface area contributed by atoms with Gasteiger partial charge in [0.05, 0.1) is 7.11 Å². The second kappa shape index (κ2) is 4.23. The van der Waals surface area contributed by atoms with Crippen molar-refractivity contribution in [2.75, 3.05) is 7.11 Å². The van der Waals surface area contributed by atoms with Crippen LogP contribution in [-0.4, -0.2) is 13.1 Å². The van der Waals surface area contributed by atoms with Crippen molar-refractivity contribution in [2.45, 2.75) is 6.92 Å². The van der Waals surface area contributed by atoms with Gasteiger partial charge in [-0.1, -0.05) is 30.3 Å². The van der Waals surface area contributed by atoms with Gasteiger partial charge >= 0.3 is 5.97 Å². The molecular weight excluding hydrogens is 204 g/mol. The molecule has 0 spiro atoms. The number of rotatable bonds is 2. The minimum atomic E-state index is -0.353. The summed E-state index contributed by atoms with van der Waals surface area (Å²) in [7, 11) is 1.56.